The van der Waals surface area contributed by atoms with Gasteiger partial charge in [-0.2, -0.15) is 0 Å². The van der Waals surface area contributed by atoms with Gasteiger partial charge in [-0.3, -0.25) is 0 Å². The zero-order valence-corrected chi connectivity index (χ0v) is 12.0. The van der Waals surface area contributed by atoms with Gasteiger partial charge in [0.15, 0.2) is 0 Å². The molecule has 4 nitrogen and oxygen atoms in total. The third kappa shape index (κ3) is 3.23. The fourth-order valence-corrected chi connectivity index (χ4v) is 1.86. The van der Waals surface area contributed by atoms with Crippen LogP contribution >= 0.6 is 0 Å². The van der Waals surface area contributed by atoms with Gasteiger partial charge in [-0.1, -0.05) is 19.1 Å². The Morgan fingerprint density at radius 2 is 1.80 bits per heavy atom. The minimum absolute atomic E-state index is 0.300. The molecular formula is C15H19FN4. The minimum atomic E-state index is -0.300. The van der Waals surface area contributed by atoms with Gasteiger partial charge in [0.05, 0.1) is 5.69 Å². The summed E-state index contributed by atoms with van der Waals surface area (Å²) in [5.74, 6) is 1.76. The van der Waals surface area contributed by atoms with Gasteiger partial charge >= 0.3 is 0 Å². The molecule has 5 heteroatoms. The number of halogens is 1. The van der Waals surface area contributed by atoms with E-state index < -0.39 is 0 Å². The number of nitrogens with one attached hydrogen (secondary N) is 2. The second-order valence-electron chi connectivity index (χ2n) is 4.62. The first kappa shape index (κ1) is 14.2. The normalized spacial score (nSPS) is 10.4. The molecule has 0 amide bonds. The maximum absolute atomic E-state index is 13.7. The molecule has 0 saturated carbocycles. The van der Waals surface area contributed by atoms with Gasteiger partial charge < -0.3 is 10.6 Å². The van der Waals surface area contributed by atoms with Crippen molar-refractivity contribution in [3.05, 3.63) is 41.5 Å². The summed E-state index contributed by atoms with van der Waals surface area (Å²) in [6.07, 6.45) is 1.01. The summed E-state index contributed by atoms with van der Waals surface area (Å²) in [5.41, 5.74) is 1.29. The van der Waals surface area contributed by atoms with Crippen LogP contribution in [-0.4, -0.2) is 16.5 Å². The molecule has 2 rings (SSSR count). The molecular weight excluding hydrogens is 255 g/mol. The number of aromatic nitrogens is 2. The highest BCUT2D eigenvalue weighted by molar-refractivity contribution is 5.65. The smallest absolute Gasteiger partial charge is 0.146 e. The Morgan fingerprint density at radius 1 is 1.10 bits per heavy atom. The zero-order chi connectivity index (χ0) is 14.5. The summed E-state index contributed by atoms with van der Waals surface area (Å²) in [5, 5.41) is 6.29. The van der Waals surface area contributed by atoms with Crippen LogP contribution in [0.5, 0.6) is 0 Å². The average Bonchev–Trinajstić information content (AvgIpc) is 2.43. The fourth-order valence-electron chi connectivity index (χ4n) is 1.86. The van der Waals surface area contributed by atoms with Crippen molar-refractivity contribution in [2.45, 2.75) is 27.2 Å². The van der Waals surface area contributed by atoms with Crippen molar-refractivity contribution in [2.24, 2.45) is 0 Å². The Balaban J connectivity index is 2.32. The third-order valence-corrected chi connectivity index (χ3v) is 2.93. The van der Waals surface area contributed by atoms with E-state index in [2.05, 4.69) is 27.5 Å². The number of nitrogens with zero attached hydrogens (tertiary/aromatic N) is 2. The Labute approximate surface area is 118 Å². The van der Waals surface area contributed by atoms with Crippen molar-refractivity contribution in [2.75, 3.05) is 17.2 Å². The molecule has 0 spiro atoms. The summed E-state index contributed by atoms with van der Waals surface area (Å²) in [6.45, 7) is 6.68. The topological polar surface area (TPSA) is 49.8 Å². The van der Waals surface area contributed by atoms with Gasteiger partial charge in [-0.15, -0.1) is 0 Å². The van der Waals surface area contributed by atoms with E-state index in [1.165, 1.54) is 6.07 Å². The molecule has 2 aromatic rings. The van der Waals surface area contributed by atoms with Crippen molar-refractivity contribution < 1.29 is 4.39 Å². The van der Waals surface area contributed by atoms with Gasteiger partial charge in [0, 0.05) is 12.1 Å². The molecule has 0 saturated heterocycles. The van der Waals surface area contributed by atoms with E-state index >= 15 is 0 Å². The highest BCUT2D eigenvalue weighted by Crippen LogP contribution is 2.24. The molecule has 0 unspecified atom stereocenters. The molecule has 1 heterocycles. The lowest BCUT2D eigenvalue weighted by molar-refractivity contribution is 0.631. The molecule has 1 aromatic heterocycles. The fraction of sp³-hybridized carbons (Fsp3) is 0.333. The standard InChI is InChI=1S/C15H19FN4/c1-4-9-17-14-10(2)15(19-11(3)18-14)20-13-8-6-5-7-12(13)16/h5-8H,4,9H2,1-3H3,(H2,17,18,19,20). The van der Waals surface area contributed by atoms with Gasteiger partial charge in [0.25, 0.3) is 0 Å². The van der Waals surface area contributed by atoms with Gasteiger partial charge in [-0.05, 0) is 32.4 Å². The van der Waals surface area contributed by atoms with Crippen LogP contribution in [-0.2, 0) is 0 Å². The van der Waals surface area contributed by atoms with Crippen molar-refractivity contribution >= 4 is 17.3 Å². The number of aryl methyl sites for hydroxylation is 1. The summed E-state index contributed by atoms with van der Waals surface area (Å²) in [7, 11) is 0. The van der Waals surface area contributed by atoms with Crippen LogP contribution in [0.1, 0.15) is 24.7 Å². The molecule has 20 heavy (non-hydrogen) atoms. The van der Waals surface area contributed by atoms with Crippen LogP contribution in [0, 0.1) is 19.7 Å². The number of anilines is 3. The number of hydrogen-bond donors (Lipinski definition) is 2. The zero-order valence-electron chi connectivity index (χ0n) is 12.0. The molecule has 0 atom stereocenters. The Morgan fingerprint density at radius 3 is 2.50 bits per heavy atom. The highest BCUT2D eigenvalue weighted by Gasteiger charge is 2.10. The molecule has 0 aliphatic carbocycles. The summed E-state index contributed by atoms with van der Waals surface area (Å²) >= 11 is 0. The highest BCUT2D eigenvalue weighted by atomic mass is 19.1. The van der Waals surface area contributed by atoms with Crippen LogP contribution < -0.4 is 10.6 Å². The molecule has 1 aromatic carbocycles. The van der Waals surface area contributed by atoms with Crippen molar-refractivity contribution in [3.63, 3.8) is 0 Å². The number of hydrogen-bond acceptors (Lipinski definition) is 4. The first-order valence-corrected chi connectivity index (χ1v) is 6.72. The Bertz CT molecular complexity index is 598. The first-order chi connectivity index (χ1) is 9.61. The van der Waals surface area contributed by atoms with Gasteiger partial charge in [-0.25, -0.2) is 14.4 Å². The summed E-state index contributed by atoms with van der Waals surface area (Å²) in [4.78, 5) is 8.73. The number of para-hydroxylation sites is 1. The molecule has 0 aliphatic heterocycles. The van der Waals surface area contributed by atoms with E-state index in [4.69, 9.17) is 0 Å². The Kier molecular flexibility index (Phi) is 4.50. The molecule has 0 aliphatic rings. The quantitative estimate of drug-likeness (QED) is 0.870. The lowest BCUT2D eigenvalue weighted by atomic mass is 10.2. The maximum Gasteiger partial charge on any atom is 0.146 e. The third-order valence-electron chi connectivity index (χ3n) is 2.93. The van der Waals surface area contributed by atoms with E-state index in [0.29, 0.717) is 17.3 Å². The van der Waals surface area contributed by atoms with Gasteiger partial charge in [0.2, 0.25) is 0 Å². The second-order valence-corrected chi connectivity index (χ2v) is 4.62. The minimum Gasteiger partial charge on any atom is -0.370 e. The van der Waals surface area contributed by atoms with E-state index in [-0.39, 0.29) is 5.82 Å². The second kappa shape index (κ2) is 6.32. The predicted molar refractivity (Wildman–Crippen MR) is 80.0 cm³/mol. The average molecular weight is 274 g/mol. The van der Waals surface area contributed by atoms with E-state index in [1.807, 2.05) is 13.8 Å². The van der Waals surface area contributed by atoms with E-state index in [9.17, 15) is 4.39 Å². The lowest BCUT2D eigenvalue weighted by Crippen LogP contribution is -2.09. The van der Waals surface area contributed by atoms with Crippen LogP contribution in [0.15, 0.2) is 24.3 Å². The first-order valence-electron chi connectivity index (χ1n) is 6.72. The van der Waals surface area contributed by atoms with E-state index in [1.54, 1.807) is 18.2 Å². The van der Waals surface area contributed by atoms with Crippen LogP contribution in [0.2, 0.25) is 0 Å². The van der Waals surface area contributed by atoms with Crippen molar-refractivity contribution in [1.29, 1.82) is 0 Å². The number of rotatable bonds is 5. The van der Waals surface area contributed by atoms with E-state index in [0.717, 1.165) is 24.3 Å². The van der Waals surface area contributed by atoms with Crippen LogP contribution in [0.3, 0.4) is 0 Å². The SMILES string of the molecule is CCCNc1nc(C)nc(Nc2ccccc2F)c1C. The molecule has 2 N–H and O–H groups in total. The monoisotopic (exact) mass is 274 g/mol. The Hall–Kier alpha value is -2.17. The van der Waals surface area contributed by atoms with Crippen LogP contribution in [0.4, 0.5) is 21.7 Å². The van der Waals surface area contributed by atoms with Crippen molar-refractivity contribution in [3.8, 4) is 0 Å². The molecule has 0 fully saturated rings. The summed E-state index contributed by atoms with van der Waals surface area (Å²) < 4.78 is 13.7. The van der Waals surface area contributed by atoms with Gasteiger partial charge in [0.1, 0.15) is 23.3 Å². The van der Waals surface area contributed by atoms with Crippen LogP contribution in [0.25, 0.3) is 0 Å². The number of benzene rings is 1. The molecule has 0 radical (unpaired) electrons. The molecule has 0 bridgehead atoms. The molecule has 106 valence electrons. The van der Waals surface area contributed by atoms with Crippen molar-refractivity contribution in [1.82, 2.24) is 9.97 Å². The maximum atomic E-state index is 13.7. The lowest BCUT2D eigenvalue weighted by Gasteiger charge is -2.14. The predicted octanol–water partition coefficient (Wildman–Crippen LogP) is 3.80. The largest absolute Gasteiger partial charge is 0.370 e. The summed E-state index contributed by atoms with van der Waals surface area (Å²) in [6, 6.07) is 6.55.